The molecule has 1 saturated carbocycles. The molecule has 3 aliphatic rings. The van der Waals surface area contributed by atoms with Crippen molar-refractivity contribution >= 4 is 27.5 Å². The van der Waals surface area contributed by atoms with Crippen molar-refractivity contribution in [3.05, 3.63) is 24.3 Å². The summed E-state index contributed by atoms with van der Waals surface area (Å²) in [5, 5.41) is 14.1. The van der Waals surface area contributed by atoms with Crippen LogP contribution >= 0.6 is 0 Å². The summed E-state index contributed by atoms with van der Waals surface area (Å²) in [6, 6.07) is 5.90. The molecule has 0 radical (unpaired) electrons. The number of carbonyl (C=O) groups excluding carboxylic acids is 2. The number of hydrogen-bond donors (Lipinski definition) is 3. The van der Waals surface area contributed by atoms with E-state index in [-0.39, 0.29) is 17.7 Å². The molecule has 0 bridgehead atoms. The lowest BCUT2D eigenvalue weighted by molar-refractivity contribution is -0.166. The number of aliphatic hydroxyl groups excluding tert-OH is 1. The SMILES string of the molecule is CCCCN1C(=O)[C@@H]([C@H](O)C2CCCCC2)NC(=O)C12CCN(CCOc1ccc(NS(C)(=O)=O)cc1)CC2. The zero-order valence-corrected chi connectivity index (χ0v) is 24.0. The Bertz CT molecular complexity index is 1080. The summed E-state index contributed by atoms with van der Waals surface area (Å²) >= 11 is 0. The number of piperazine rings is 1. The predicted molar refractivity (Wildman–Crippen MR) is 150 cm³/mol. The summed E-state index contributed by atoms with van der Waals surface area (Å²) in [4.78, 5) is 31.4. The zero-order chi connectivity index (χ0) is 28.0. The summed E-state index contributed by atoms with van der Waals surface area (Å²) < 4.78 is 31.0. The number of aliphatic hydroxyl groups is 1. The minimum atomic E-state index is -3.33. The molecule has 2 saturated heterocycles. The van der Waals surface area contributed by atoms with Gasteiger partial charge < -0.3 is 20.1 Å². The van der Waals surface area contributed by atoms with Gasteiger partial charge in [-0.3, -0.25) is 19.2 Å². The number of rotatable bonds is 11. The van der Waals surface area contributed by atoms with Crippen LogP contribution in [0.4, 0.5) is 5.69 Å². The van der Waals surface area contributed by atoms with Gasteiger partial charge in [0.1, 0.15) is 23.9 Å². The maximum absolute atomic E-state index is 13.7. The van der Waals surface area contributed by atoms with Crippen molar-refractivity contribution < 1.29 is 27.9 Å². The van der Waals surface area contributed by atoms with Crippen LogP contribution in [0.2, 0.25) is 0 Å². The third-order valence-corrected chi connectivity index (χ3v) is 9.09. The number of piperidine rings is 1. The highest BCUT2D eigenvalue weighted by atomic mass is 32.2. The molecule has 1 aromatic rings. The highest BCUT2D eigenvalue weighted by molar-refractivity contribution is 7.92. The lowest BCUT2D eigenvalue weighted by Gasteiger charge is -2.52. The molecule has 11 heteroatoms. The van der Waals surface area contributed by atoms with E-state index in [4.69, 9.17) is 4.74 Å². The second-order valence-electron chi connectivity index (χ2n) is 11.3. The van der Waals surface area contributed by atoms with Crippen molar-refractivity contribution in [3.8, 4) is 5.75 Å². The monoisotopic (exact) mass is 564 g/mol. The van der Waals surface area contributed by atoms with Gasteiger partial charge in [0.25, 0.3) is 0 Å². The molecule has 218 valence electrons. The Balaban J connectivity index is 1.33. The average molecular weight is 565 g/mol. The highest BCUT2D eigenvalue weighted by Crippen LogP contribution is 2.36. The number of likely N-dealkylation sites (tertiary alicyclic amines) is 1. The first-order valence-corrected chi connectivity index (χ1v) is 16.3. The standard InChI is InChI=1S/C28H44N4O6S/c1-3-4-16-32-26(34)24(25(33)21-8-6-5-7-9-21)29-27(35)28(32)14-17-31(18-15-28)19-20-38-23-12-10-22(11-13-23)30-39(2,36)37/h10-13,21,24-25,30,33H,3-9,14-20H2,1-2H3,(H,29,35)/t24-,25-/m1/s1. The third-order valence-electron chi connectivity index (χ3n) is 8.48. The van der Waals surface area contributed by atoms with Crippen LogP contribution in [0.15, 0.2) is 24.3 Å². The van der Waals surface area contributed by atoms with Crippen LogP contribution in [-0.2, 0) is 19.6 Å². The van der Waals surface area contributed by atoms with Gasteiger partial charge in [0, 0.05) is 31.9 Å². The first-order valence-electron chi connectivity index (χ1n) is 14.4. The van der Waals surface area contributed by atoms with Gasteiger partial charge >= 0.3 is 0 Å². The Morgan fingerprint density at radius 2 is 1.77 bits per heavy atom. The van der Waals surface area contributed by atoms with Crippen molar-refractivity contribution in [2.24, 2.45) is 5.92 Å². The van der Waals surface area contributed by atoms with Crippen molar-refractivity contribution in [1.29, 1.82) is 0 Å². The molecule has 1 aliphatic carbocycles. The Labute approximate surface area is 232 Å². The van der Waals surface area contributed by atoms with Crippen LogP contribution in [-0.4, -0.2) is 91.9 Å². The van der Waals surface area contributed by atoms with E-state index in [1.807, 2.05) is 0 Å². The molecular weight excluding hydrogens is 520 g/mol. The largest absolute Gasteiger partial charge is 0.492 e. The second-order valence-corrected chi connectivity index (χ2v) is 13.1. The van der Waals surface area contributed by atoms with Gasteiger partial charge in [0.15, 0.2) is 0 Å². The molecule has 0 unspecified atom stereocenters. The number of unbranched alkanes of at least 4 members (excludes halogenated alkanes) is 1. The minimum Gasteiger partial charge on any atom is -0.492 e. The normalized spacial score (nSPS) is 23.5. The first kappa shape index (κ1) is 29.6. The second kappa shape index (κ2) is 12.9. The summed E-state index contributed by atoms with van der Waals surface area (Å²) in [6.07, 6.45) is 8.20. The van der Waals surface area contributed by atoms with Gasteiger partial charge in [-0.15, -0.1) is 0 Å². The molecule has 3 fully saturated rings. The number of amides is 2. The quantitative estimate of drug-likeness (QED) is 0.376. The summed E-state index contributed by atoms with van der Waals surface area (Å²) in [5.74, 6) is 0.445. The van der Waals surface area contributed by atoms with E-state index in [0.29, 0.717) is 57.1 Å². The van der Waals surface area contributed by atoms with Gasteiger partial charge in [-0.1, -0.05) is 32.6 Å². The maximum Gasteiger partial charge on any atom is 0.248 e. The Morgan fingerprint density at radius 3 is 2.38 bits per heavy atom. The van der Waals surface area contributed by atoms with Gasteiger partial charge in [-0.25, -0.2) is 8.42 Å². The van der Waals surface area contributed by atoms with Crippen molar-refractivity contribution in [3.63, 3.8) is 0 Å². The number of sulfonamides is 1. The Hall–Kier alpha value is -2.37. The fourth-order valence-corrected chi connectivity index (χ4v) is 6.79. The zero-order valence-electron chi connectivity index (χ0n) is 23.2. The van der Waals surface area contributed by atoms with Crippen LogP contribution < -0.4 is 14.8 Å². The third kappa shape index (κ3) is 7.24. The van der Waals surface area contributed by atoms with E-state index < -0.39 is 27.7 Å². The molecule has 2 aliphatic heterocycles. The topological polar surface area (TPSA) is 128 Å². The van der Waals surface area contributed by atoms with Gasteiger partial charge in [-0.2, -0.15) is 0 Å². The van der Waals surface area contributed by atoms with Crippen LogP contribution in [0.5, 0.6) is 5.75 Å². The van der Waals surface area contributed by atoms with Crippen LogP contribution in [0.3, 0.4) is 0 Å². The summed E-state index contributed by atoms with van der Waals surface area (Å²) in [6.45, 7) is 5.07. The molecule has 2 atom stereocenters. The first-order chi connectivity index (χ1) is 18.6. The molecular formula is C28H44N4O6S. The molecule has 2 heterocycles. The van der Waals surface area contributed by atoms with Crippen LogP contribution in [0, 0.1) is 5.92 Å². The van der Waals surface area contributed by atoms with E-state index in [1.54, 1.807) is 29.2 Å². The maximum atomic E-state index is 13.7. The lowest BCUT2D eigenvalue weighted by Crippen LogP contribution is -2.75. The number of benzene rings is 1. The molecule has 3 N–H and O–H groups in total. The molecule has 2 amide bonds. The number of nitrogens with one attached hydrogen (secondary N) is 2. The van der Waals surface area contributed by atoms with Gasteiger partial charge in [-0.05, 0) is 62.3 Å². The predicted octanol–water partition coefficient (Wildman–Crippen LogP) is 2.34. The molecule has 1 spiro atoms. The van der Waals surface area contributed by atoms with E-state index in [2.05, 4.69) is 21.9 Å². The average Bonchev–Trinajstić information content (AvgIpc) is 2.92. The molecule has 4 rings (SSSR count). The van der Waals surface area contributed by atoms with Gasteiger partial charge in [0.05, 0.1) is 12.4 Å². The Morgan fingerprint density at radius 1 is 1.10 bits per heavy atom. The van der Waals surface area contributed by atoms with E-state index in [1.165, 1.54) is 0 Å². The summed E-state index contributed by atoms with van der Waals surface area (Å²) in [7, 11) is -3.33. The Kier molecular flexibility index (Phi) is 9.77. The number of carbonyl (C=O) groups is 2. The molecule has 0 aromatic heterocycles. The van der Waals surface area contributed by atoms with E-state index >= 15 is 0 Å². The van der Waals surface area contributed by atoms with Crippen molar-refractivity contribution in [2.45, 2.75) is 82.4 Å². The summed E-state index contributed by atoms with van der Waals surface area (Å²) in [5.41, 5.74) is -0.387. The number of nitrogens with zero attached hydrogens (tertiary/aromatic N) is 2. The van der Waals surface area contributed by atoms with Crippen LogP contribution in [0.25, 0.3) is 0 Å². The van der Waals surface area contributed by atoms with Gasteiger partial charge in [0.2, 0.25) is 21.8 Å². The minimum absolute atomic E-state index is 0.0593. The lowest BCUT2D eigenvalue weighted by atomic mass is 9.78. The van der Waals surface area contributed by atoms with E-state index in [9.17, 15) is 23.1 Å². The molecule has 10 nitrogen and oxygen atoms in total. The van der Waals surface area contributed by atoms with Crippen molar-refractivity contribution in [1.82, 2.24) is 15.1 Å². The number of ether oxygens (including phenoxy) is 1. The smallest absolute Gasteiger partial charge is 0.248 e. The molecule has 1 aromatic carbocycles. The van der Waals surface area contributed by atoms with E-state index in [0.717, 1.165) is 51.2 Å². The molecule has 39 heavy (non-hydrogen) atoms. The number of anilines is 1. The fraction of sp³-hybridized carbons (Fsp3) is 0.714. The van der Waals surface area contributed by atoms with Crippen molar-refractivity contribution in [2.75, 3.05) is 43.8 Å². The fourth-order valence-electron chi connectivity index (χ4n) is 6.23. The van der Waals surface area contributed by atoms with Crippen LogP contribution in [0.1, 0.15) is 64.7 Å². The highest BCUT2D eigenvalue weighted by Gasteiger charge is 2.55. The number of hydrogen-bond acceptors (Lipinski definition) is 7.